The van der Waals surface area contributed by atoms with Crippen LogP contribution < -0.4 is 11.1 Å². The molecule has 1 saturated carbocycles. The van der Waals surface area contributed by atoms with Gasteiger partial charge in [0.15, 0.2) is 5.84 Å². The Labute approximate surface area is 122 Å². The molecule has 0 bridgehead atoms. The van der Waals surface area contributed by atoms with Crippen LogP contribution in [0.25, 0.3) is 0 Å². The number of hydrogen-bond donors (Lipinski definition) is 3. The molecule has 20 heavy (non-hydrogen) atoms. The molecule has 1 aliphatic carbocycles. The van der Waals surface area contributed by atoms with Crippen molar-refractivity contribution >= 4 is 11.7 Å². The molecule has 4 N–H and O–H groups in total. The lowest BCUT2D eigenvalue weighted by Gasteiger charge is -2.41. The van der Waals surface area contributed by atoms with Gasteiger partial charge in [-0.1, -0.05) is 45.7 Å². The molecular weight excluding hydrogens is 254 g/mol. The van der Waals surface area contributed by atoms with Gasteiger partial charge in [-0.3, -0.25) is 4.79 Å². The van der Waals surface area contributed by atoms with Crippen molar-refractivity contribution in [2.75, 3.05) is 0 Å². The Bertz CT molecular complexity index is 373. The Morgan fingerprint density at radius 2 is 2.00 bits per heavy atom. The summed E-state index contributed by atoms with van der Waals surface area (Å²) in [5.74, 6) is -0.105. The van der Waals surface area contributed by atoms with Crippen LogP contribution in [0.3, 0.4) is 0 Å². The van der Waals surface area contributed by atoms with Crippen molar-refractivity contribution in [1.29, 1.82) is 0 Å². The second-order valence-electron chi connectivity index (χ2n) is 6.53. The van der Waals surface area contributed by atoms with E-state index in [-0.39, 0.29) is 23.2 Å². The fourth-order valence-corrected chi connectivity index (χ4v) is 3.20. The number of rotatable bonds is 5. The summed E-state index contributed by atoms with van der Waals surface area (Å²) in [6, 6.07) is 0.160. The Morgan fingerprint density at radius 3 is 2.45 bits per heavy atom. The topological polar surface area (TPSA) is 87.7 Å². The molecule has 1 unspecified atom stereocenters. The van der Waals surface area contributed by atoms with Crippen LogP contribution in [-0.2, 0) is 4.79 Å². The van der Waals surface area contributed by atoms with E-state index < -0.39 is 5.41 Å². The van der Waals surface area contributed by atoms with Crippen molar-refractivity contribution in [1.82, 2.24) is 5.32 Å². The highest BCUT2D eigenvalue weighted by Crippen LogP contribution is 2.36. The summed E-state index contributed by atoms with van der Waals surface area (Å²) in [5.41, 5.74) is 4.99. The number of carbonyl (C=O) groups excluding carboxylic acids is 1. The zero-order valence-corrected chi connectivity index (χ0v) is 13.2. The predicted molar refractivity (Wildman–Crippen MR) is 80.6 cm³/mol. The second-order valence-corrected chi connectivity index (χ2v) is 6.53. The Morgan fingerprint density at radius 1 is 1.40 bits per heavy atom. The molecule has 5 nitrogen and oxygen atoms in total. The van der Waals surface area contributed by atoms with E-state index in [1.165, 1.54) is 6.42 Å². The van der Waals surface area contributed by atoms with Gasteiger partial charge in [0.2, 0.25) is 5.91 Å². The first kappa shape index (κ1) is 16.8. The summed E-state index contributed by atoms with van der Waals surface area (Å²) in [5, 5.41) is 15.2. The van der Waals surface area contributed by atoms with Gasteiger partial charge in [0, 0.05) is 6.04 Å². The van der Waals surface area contributed by atoms with Crippen molar-refractivity contribution in [3.05, 3.63) is 0 Å². The third kappa shape index (κ3) is 3.07. The largest absolute Gasteiger partial charge is 0.409 e. The van der Waals surface area contributed by atoms with E-state index in [4.69, 9.17) is 10.9 Å². The summed E-state index contributed by atoms with van der Waals surface area (Å²) in [6.45, 7) is 8.18. The lowest BCUT2D eigenvalue weighted by atomic mass is 9.72. The maximum Gasteiger partial charge on any atom is 0.234 e. The molecule has 0 spiro atoms. The Hall–Kier alpha value is -1.26. The maximum absolute atomic E-state index is 12.7. The molecule has 0 aromatic rings. The number of amidine groups is 1. The van der Waals surface area contributed by atoms with Crippen LogP contribution in [0, 0.1) is 10.8 Å². The van der Waals surface area contributed by atoms with Crippen molar-refractivity contribution in [3.8, 4) is 0 Å². The summed E-state index contributed by atoms with van der Waals surface area (Å²) >= 11 is 0. The lowest BCUT2D eigenvalue weighted by Crippen LogP contribution is -2.55. The third-order valence-corrected chi connectivity index (χ3v) is 5.05. The van der Waals surface area contributed by atoms with Gasteiger partial charge >= 0.3 is 0 Å². The van der Waals surface area contributed by atoms with Crippen molar-refractivity contribution in [2.24, 2.45) is 21.7 Å². The predicted octanol–water partition coefficient (Wildman–Crippen LogP) is 2.62. The SMILES string of the molecule is CCC(CC)(C(=O)NC1CCCCC1(C)C)C(N)=NO. The van der Waals surface area contributed by atoms with Crippen molar-refractivity contribution in [3.63, 3.8) is 0 Å². The first-order valence-corrected chi connectivity index (χ1v) is 7.63. The number of amides is 1. The first-order chi connectivity index (χ1) is 9.34. The third-order valence-electron chi connectivity index (χ3n) is 5.05. The average Bonchev–Trinajstić information content (AvgIpc) is 2.42. The normalized spacial score (nSPS) is 23.4. The van der Waals surface area contributed by atoms with Gasteiger partial charge in [-0.25, -0.2) is 0 Å². The monoisotopic (exact) mass is 283 g/mol. The molecule has 1 amide bonds. The maximum atomic E-state index is 12.7. The Balaban J connectivity index is 2.92. The average molecular weight is 283 g/mol. The number of oxime groups is 1. The van der Waals surface area contributed by atoms with Gasteiger partial charge in [-0.05, 0) is 31.1 Å². The van der Waals surface area contributed by atoms with Gasteiger partial charge in [0.25, 0.3) is 0 Å². The molecule has 1 rings (SSSR count). The summed E-state index contributed by atoms with van der Waals surface area (Å²) in [6.07, 6.45) is 5.53. The van der Waals surface area contributed by atoms with Crippen LogP contribution >= 0.6 is 0 Å². The zero-order chi connectivity index (χ0) is 15.4. The molecule has 1 atom stereocenters. The highest BCUT2D eigenvalue weighted by Gasteiger charge is 2.43. The molecule has 5 heteroatoms. The molecule has 1 fully saturated rings. The molecule has 0 heterocycles. The highest BCUT2D eigenvalue weighted by atomic mass is 16.4. The molecule has 116 valence electrons. The summed E-state index contributed by atoms with van der Waals surface area (Å²) in [7, 11) is 0. The van der Waals surface area contributed by atoms with E-state index in [1.54, 1.807) is 0 Å². The van der Waals surface area contributed by atoms with Gasteiger partial charge in [-0.2, -0.15) is 0 Å². The van der Waals surface area contributed by atoms with Crippen molar-refractivity contribution in [2.45, 2.75) is 72.3 Å². The molecule has 0 aromatic heterocycles. The van der Waals surface area contributed by atoms with E-state index in [9.17, 15) is 4.79 Å². The van der Waals surface area contributed by atoms with Gasteiger partial charge in [0.1, 0.15) is 5.41 Å². The van der Waals surface area contributed by atoms with E-state index >= 15 is 0 Å². The standard InChI is InChI=1S/C15H29N3O2/c1-5-15(6-2,12(16)18-20)13(19)17-11-9-7-8-10-14(11,3)4/h11,20H,5-10H2,1-4H3,(H2,16,18)(H,17,19). The zero-order valence-electron chi connectivity index (χ0n) is 13.2. The Kier molecular flexibility index (Phi) is 5.42. The second kappa shape index (κ2) is 6.46. The minimum Gasteiger partial charge on any atom is -0.409 e. The molecule has 0 radical (unpaired) electrons. The highest BCUT2D eigenvalue weighted by molar-refractivity contribution is 6.06. The van der Waals surface area contributed by atoms with Gasteiger partial charge < -0.3 is 16.3 Å². The van der Waals surface area contributed by atoms with Crippen LogP contribution in [0.5, 0.6) is 0 Å². The van der Waals surface area contributed by atoms with Crippen LogP contribution in [0.15, 0.2) is 5.16 Å². The minimum absolute atomic E-state index is 0.00798. The number of nitrogens with one attached hydrogen (secondary N) is 1. The quantitative estimate of drug-likeness (QED) is 0.314. The summed E-state index contributed by atoms with van der Waals surface area (Å²) in [4.78, 5) is 12.7. The number of carbonyl (C=O) groups is 1. The molecule has 0 aromatic carbocycles. The number of nitrogens with zero attached hydrogens (tertiary/aromatic N) is 1. The van der Waals surface area contributed by atoms with Crippen LogP contribution in [0.2, 0.25) is 0 Å². The van der Waals surface area contributed by atoms with E-state index in [0.717, 1.165) is 19.3 Å². The number of hydrogen-bond acceptors (Lipinski definition) is 3. The summed E-state index contributed by atoms with van der Waals surface area (Å²) < 4.78 is 0. The smallest absolute Gasteiger partial charge is 0.234 e. The molecular formula is C15H29N3O2. The number of nitrogens with two attached hydrogens (primary N) is 1. The van der Waals surface area contributed by atoms with E-state index in [1.807, 2.05) is 13.8 Å². The van der Waals surface area contributed by atoms with Crippen LogP contribution in [0.4, 0.5) is 0 Å². The minimum atomic E-state index is -0.901. The van der Waals surface area contributed by atoms with E-state index in [0.29, 0.717) is 12.8 Å². The molecule has 0 aliphatic heterocycles. The fourth-order valence-electron chi connectivity index (χ4n) is 3.20. The van der Waals surface area contributed by atoms with Gasteiger partial charge in [0.05, 0.1) is 0 Å². The van der Waals surface area contributed by atoms with E-state index in [2.05, 4.69) is 24.3 Å². The first-order valence-electron chi connectivity index (χ1n) is 7.63. The van der Waals surface area contributed by atoms with Crippen LogP contribution in [0.1, 0.15) is 66.2 Å². The van der Waals surface area contributed by atoms with Crippen molar-refractivity contribution < 1.29 is 10.0 Å². The molecule has 1 aliphatic rings. The molecule has 0 saturated heterocycles. The lowest BCUT2D eigenvalue weighted by molar-refractivity contribution is -0.130. The van der Waals surface area contributed by atoms with Gasteiger partial charge in [-0.15, -0.1) is 0 Å². The fraction of sp³-hybridized carbons (Fsp3) is 0.867. The van der Waals surface area contributed by atoms with Crippen LogP contribution in [-0.4, -0.2) is 23.0 Å².